The Bertz CT molecular complexity index is 1090. The maximum atomic E-state index is 5.35. The van der Waals surface area contributed by atoms with Crippen LogP contribution in [0.3, 0.4) is 0 Å². The minimum atomic E-state index is 0.229. The third kappa shape index (κ3) is 3.96. The molecular formula is C22H26N6. The summed E-state index contributed by atoms with van der Waals surface area (Å²) in [6.45, 7) is 9.96. The smallest absolute Gasteiger partial charge is 0.141 e. The molecule has 28 heavy (non-hydrogen) atoms. The fraction of sp³-hybridized carbons (Fsp3) is 0.227. The van der Waals surface area contributed by atoms with Crippen molar-refractivity contribution in [3.05, 3.63) is 78.5 Å². The third-order valence-electron chi connectivity index (χ3n) is 4.65. The zero-order valence-electron chi connectivity index (χ0n) is 16.8. The predicted octanol–water partition coefficient (Wildman–Crippen LogP) is 4.30. The molecule has 4 aromatic rings. The van der Waals surface area contributed by atoms with Crippen LogP contribution in [0.2, 0.25) is 0 Å². The average molecular weight is 374 g/mol. The lowest BCUT2D eigenvalue weighted by Gasteiger charge is -2.07. The van der Waals surface area contributed by atoms with Crippen molar-refractivity contribution in [1.29, 1.82) is 0 Å². The molecule has 1 atom stereocenters. The van der Waals surface area contributed by atoms with Gasteiger partial charge in [0.15, 0.2) is 0 Å². The lowest BCUT2D eigenvalue weighted by atomic mass is 9.98. The van der Waals surface area contributed by atoms with Gasteiger partial charge in [0.05, 0.1) is 11.2 Å². The van der Waals surface area contributed by atoms with Gasteiger partial charge in [-0.15, -0.1) is 6.58 Å². The third-order valence-corrected chi connectivity index (χ3v) is 4.65. The van der Waals surface area contributed by atoms with Crippen LogP contribution < -0.4 is 5.73 Å². The molecule has 0 aromatic carbocycles. The van der Waals surface area contributed by atoms with Gasteiger partial charge in [0.25, 0.3) is 0 Å². The van der Waals surface area contributed by atoms with Gasteiger partial charge < -0.3 is 10.3 Å². The van der Waals surface area contributed by atoms with Gasteiger partial charge in [0.2, 0.25) is 0 Å². The molecule has 1 unspecified atom stereocenters. The average Bonchev–Trinajstić information content (AvgIpc) is 3.20. The number of rotatable bonds is 3. The van der Waals surface area contributed by atoms with Crippen LogP contribution >= 0.6 is 0 Å². The molecule has 6 nitrogen and oxygen atoms in total. The van der Waals surface area contributed by atoms with Crippen LogP contribution in [0.25, 0.3) is 16.9 Å². The summed E-state index contributed by atoms with van der Waals surface area (Å²) in [5.74, 6) is 1.76. The van der Waals surface area contributed by atoms with Crippen molar-refractivity contribution >= 4 is 11.3 Å². The van der Waals surface area contributed by atoms with Gasteiger partial charge in [0.1, 0.15) is 17.3 Å². The second kappa shape index (κ2) is 8.08. The Balaban J connectivity index is 0.000000236. The number of anilines is 1. The molecule has 0 aliphatic carbocycles. The molecule has 0 saturated carbocycles. The van der Waals surface area contributed by atoms with E-state index in [1.165, 1.54) is 5.56 Å². The highest BCUT2D eigenvalue weighted by molar-refractivity contribution is 5.72. The highest BCUT2D eigenvalue weighted by Crippen LogP contribution is 2.31. The zero-order chi connectivity index (χ0) is 20.3. The lowest BCUT2D eigenvalue weighted by Crippen LogP contribution is -1.94. The molecule has 4 aromatic heterocycles. The molecule has 144 valence electrons. The maximum absolute atomic E-state index is 5.35. The van der Waals surface area contributed by atoms with Crippen molar-refractivity contribution in [2.75, 3.05) is 5.73 Å². The van der Waals surface area contributed by atoms with Crippen molar-refractivity contribution in [1.82, 2.24) is 24.1 Å². The predicted molar refractivity (Wildman–Crippen MR) is 114 cm³/mol. The van der Waals surface area contributed by atoms with Crippen LogP contribution in [0.5, 0.6) is 0 Å². The molecule has 2 N–H and O–H groups in total. The van der Waals surface area contributed by atoms with E-state index in [0.717, 1.165) is 28.4 Å². The molecule has 4 heterocycles. The van der Waals surface area contributed by atoms with E-state index in [1.807, 2.05) is 72.6 Å². The largest absolute Gasteiger partial charge is 0.382 e. The van der Waals surface area contributed by atoms with Gasteiger partial charge >= 0.3 is 0 Å². The number of hydrogen-bond donors (Lipinski definition) is 1. The maximum Gasteiger partial charge on any atom is 0.141 e. The summed E-state index contributed by atoms with van der Waals surface area (Å²) in [4.78, 5) is 8.56. The van der Waals surface area contributed by atoms with Crippen LogP contribution in [0, 0.1) is 13.8 Å². The molecule has 0 fully saturated rings. The fourth-order valence-electron chi connectivity index (χ4n) is 3.04. The molecule has 0 amide bonds. The lowest BCUT2D eigenvalue weighted by molar-refractivity contribution is 0.858. The summed E-state index contributed by atoms with van der Waals surface area (Å²) < 4.78 is 3.80. The Morgan fingerprint density at radius 2 is 1.89 bits per heavy atom. The van der Waals surface area contributed by atoms with E-state index in [4.69, 9.17) is 10.8 Å². The molecule has 0 radical (unpaired) electrons. The van der Waals surface area contributed by atoms with Crippen molar-refractivity contribution in [2.45, 2.75) is 26.7 Å². The number of aromatic nitrogens is 5. The van der Waals surface area contributed by atoms with Crippen LogP contribution in [-0.2, 0) is 7.05 Å². The Labute approximate surface area is 165 Å². The van der Waals surface area contributed by atoms with E-state index in [-0.39, 0.29) is 5.92 Å². The normalized spacial score (nSPS) is 11.7. The second-order valence-electron chi connectivity index (χ2n) is 6.81. The SMILES string of the molecule is C=CC(C)c1c(-c2cccc(C)n2)nn2ccccc12.Cc1nc(N)cn1C. The first kappa shape index (κ1) is 19.4. The van der Waals surface area contributed by atoms with E-state index < -0.39 is 0 Å². The molecule has 0 aliphatic heterocycles. The molecule has 0 saturated heterocycles. The number of aryl methyl sites for hydroxylation is 3. The summed E-state index contributed by atoms with van der Waals surface area (Å²) >= 11 is 0. The standard InChI is InChI=1S/C17H17N3.C5H9N3/c1-4-12(2)16-15-10-5-6-11-20(15)19-17(16)14-9-7-8-13(3)18-14;1-4-7-5(6)3-8(4)2/h4-12H,1H2,2-3H3;3H,6H2,1-2H3. The number of hydrogen-bond acceptors (Lipinski definition) is 4. The second-order valence-corrected chi connectivity index (χ2v) is 6.81. The number of nitrogens with zero attached hydrogens (tertiary/aromatic N) is 5. The van der Waals surface area contributed by atoms with Crippen LogP contribution in [0.4, 0.5) is 5.82 Å². The number of pyridine rings is 2. The number of fused-ring (bicyclic) bond motifs is 1. The van der Waals surface area contributed by atoms with Crippen LogP contribution in [0.15, 0.2) is 61.4 Å². The van der Waals surface area contributed by atoms with Crippen molar-refractivity contribution in [2.24, 2.45) is 7.05 Å². The van der Waals surface area contributed by atoms with Crippen molar-refractivity contribution in [3.63, 3.8) is 0 Å². The Hall–Kier alpha value is -3.41. The summed E-state index contributed by atoms with van der Waals surface area (Å²) in [6.07, 6.45) is 5.70. The van der Waals surface area contributed by atoms with E-state index in [9.17, 15) is 0 Å². The Morgan fingerprint density at radius 3 is 2.46 bits per heavy atom. The van der Waals surface area contributed by atoms with Gasteiger partial charge in [-0.3, -0.25) is 4.98 Å². The first-order valence-corrected chi connectivity index (χ1v) is 9.20. The Morgan fingerprint density at radius 1 is 1.11 bits per heavy atom. The van der Waals surface area contributed by atoms with E-state index in [2.05, 4.69) is 29.5 Å². The minimum absolute atomic E-state index is 0.229. The molecular weight excluding hydrogens is 348 g/mol. The first-order valence-electron chi connectivity index (χ1n) is 9.20. The highest BCUT2D eigenvalue weighted by atomic mass is 15.2. The minimum Gasteiger partial charge on any atom is -0.382 e. The van der Waals surface area contributed by atoms with Crippen LogP contribution in [-0.4, -0.2) is 24.1 Å². The number of nitrogens with two attached hydrogens (primary N) is 1. The van der Waals surface area contributed by atoms with Gasteiger partial charge in [-0.1, -0.05) is 25.1 Å². The Kier molecular flexibility index (Phi) is 5.59. The van der Waals surface area contributed by atoms with E-state index in [1.54, 1.807) is 6.20 Å². The number of nitrogen functional groups attached to an aromatic ring is 1. The highest BCUT2D eigenvalue weighted by Gasteiger charge is 2.18. The number of imidazole rings is 1. The summed E-state index contributed by atoms with van der Waals surface area (Å²) in [5, 5.41) is 4.70. The summed E-state index contributed by atoms with van der Waals surface area (Å²) in [7, 11) is 1.92. The molecule has 0 spiro atoms. The van der Waals surface area contributed by atoms with E-state index in [0.29, 0.717) is 5.82 Å². The number of allylic oxidation sites excluding steroid dienone is 1. The van der Waals surface area contributed by atoms with Crippen molar-refractivity contribution in [3.8, 4) is 11.4 Å². The quantitative estimate of drug-likeness (QED) is 0.543. The summed E-state index contributed by atoms with van der Waals surface area (Å²) in [6, 6.07) is 12.1. The first-order chi connectivity index (χ1) is 13.4. The van der Waals surface area contributed by atoms with Gasteiger partial charge in [-0.05, 0) is 38.1 Å². The fourth-order valence-corrected chi connectivity index (χ4v) is 3.04. The molecule has 6 heteroatoms. The van der Waals surface area contributed by atoms with Crippen LogP contribution in [0.1, 0.15) is 29.9 Å². The van der Waals surface area contributed by atoms with Gasteiger partial charge in [-0.2, -0.15) is 5.10 Å². The molecule has 0 bridgehead atoms. The zero-order valence-corrected chi connectivity index (χ0v) is 16.8. The van der Waals surface area contributed by atoms with E-state index >= 15 is 0 Å². The summed E-state index contributed by atoms with van der Waals surface area (Å²) in [5.41, 5.74) is 10.5. The van der Waals surface area contributed by atoms with Gasteiger partial charge in [0, 0.05) is 36.6 Å². The van der Waals surface area contributed by atoms with Crippen molar-refractivity contribution < 1.29 is 0 Å². The topological polar surface area (TPSA) is 74.0 Å². The van der Waals surface area contributed by atoms with Gasteiger partial charge in [-0.25, -0.2) is 9.50 Å². The molecule has 4 rings (SSSR count). The molecule has 0 aliphatic rings. The monoisotopic (exact) mass is 374 g/mol.